The van der Waals surface area contributed by atoms with Gasteiger partial charge in [0.2, 0.25) is 0 Å². The largest absolute Gasteiger partial charge is 0.494 e. The zero-order valence-electron chi connectivity index (χ0n) is 14.7. The molecule has 0 unspecified atom stereocenters. The number of pyridine rings is 1. The zero-order chi connectivity index (χ0) is 17.5. The quantitative estimate of drug-likeness (QED) is 0.511. The van der Waals surface area contributed by atoms with E-state index in [0.717, 1.165) is 43.6 Å². The molecule has 0 atom stereocenters. The molecule has 0 bridgehead atoms. The minimum atomic E-state index is -0.276. The fourth-order valence-electron chi connectivity index (χ4n) is 3.24. The molecule has 25 heavy (non-hydrogen) atoms. The van der Waals surface area contributed by atoms with Crippen LogP contribution in [0, 0.1) is 11.7 Å². The number of aromatic nitrogens is 1. The number of piperidine rings is 1. The van der Waals surface area contributed by atoms with E-state index in [1.807, 2.05) is 12.1 Å². The molecule has 1 fully saturated rings. The molecule has 1 aromatic heterocycles. The fourth-order valence-corrected chi connectivity index (χ4v) is 3.65. The first-order chi connectivity index (χ1) is 12.2. The van der Waals surface area contributed by atoms with Crippen molar-refractivity contribution in [3.8, 4) is 5.75 Å². The first kappa shape index (κ1) is 18.1. The van der Waals surface area contributed by atoms with Gasteiger partial charge in [0.25, 0.3) is 0 Å². The predicted octanol–water partition coefficient (Wildman–Crippen LogP) is 5.02. The summed E-state index contributed by atoms with van der Waals surface area (Å²) in [4.78, 5) is 7.69. The zero-order valence-corrected chi connectivity index (χ0v) is 15.5. The van der Waals surface area contributed by atoms with Gasteiger partial charge in [-0.25, -0.2) is 9.37 Å². The summed E-state index contributed by atoms with van der Waals surface area (Å²) < 4.78 is 18.8. The molecule has 1 aromatic carbocycles. The molecule has 1 saturated heterocycles. The molecule has 0 saturated carbocycles. The van der Waals surface area contributed by atoms with Crippen LogP contribution in [-0.2, 0) is 0 Å². The number of nitrogens with zero attached hydrogens (tertiary/aromatic N) is 2. The second-order valence-corrected chi connectivity index (χ2v) is 7.31. The van der Waals surface area contributed by atoms with Crippen molar-refractivity contribution < 1.29 is 9.13 Å². The molecule has 1 aliphatic heterocycles. The fraction of sp³-hybridized carbons (Fsp3) is 0.450. The minimum absolute atomic E-state index is 0.276. The highest BCUT2D eigenvalue weighted by atomic mass is 32.2. The van der Waals surface area contributed by atoms with Gasteiger partial charge in [-0.3, -0.25) is 0 Å². The van der Waals surface area contributed by atoms with Crippen LogP contribution in [0.1, 0.15) is 25.7 Å². The van der Waals surface area contributed by atoms with Gasteiger partial charge in [0.1, 0.15) is 17.4 Å². The van der Waals surface area contributed by atoms with Crippen LogP contribution < -0.4 is 9.64 Å². The van der Waals surface area contributed by atoms with E-state index in [2.05, 4.69) is 28.3 Å². The average Bonchev–Trinajstić information content (AvgIpc) is 2.67. The monoisotopic (exact) mass is 360 g/mol. The first-order valence-corrected chi connectivity index (χ1v) is 10.1. The molecule has 1 aliphatic rings. The van der Waals surface area contributed by atoms with Crippen LogP contribution in [0.2, 0.25) is 0 Å². The van der Waals surface area contributed by atoms with Crippen molar-refractivity contribution in [3.05, 3.63) is 48.4 Å². The lowest BCUT2D eigenvalue weighted by Gasteiger charge is -2.32. The number of thioether (sulfide) groups is 1. The number of rotatable bonds is 7. The molecule has 3 rings (SSSR count). The highest BCUT2D eigenvalue weighted by Crippen LogP contribution is 2.25. The van der Waals surface area contributed by atoms with E-state index >= 15 is 0 Å². The number of hydrogen-bond donors (Lipinski definition) is 0. The Hall–Kier alpha value is -1.75. The van der Waals surface area contributed by atoms with Crippen LogP contribution in [0.5, 0.6) is 5.75 Å². The van der Waals surface area contributed by atoms with E-state index in [-0.39, 0.29) is 5.82 Å². The average molecular weight is 360 g/mol. The van der Waals surface area contributed by atoms with Crippen molar-refractivity contribution in [2.45, 2.75) is 30.6 Å². The van der Waals surface area contributed by atoms with Crippen LogP contribution in [0.4, 0.5) is 10.2 Å². The van der Waals surface area contributed by atoms with Crippen LogP contribution in [0.3, 0.4) is 0 Å². The Balaban J connectivity index is 1.34. The van der Waals surface area contributed by atoms with E-state index in [1.54, 1.807) is 17.8 Å². The third kappa shape index (κ3) is 5.36. The summed E-state index contributed by atoms with van der Waals surface area (Å²) in [5.74, 6) is 2.31. The molecule has 134 valence electrons. The van der Waals surface area contributed by atoms with E-state index in [0.29, 0.717) is 0 Å². The van der Waals surface area contributed by atoms with Crippen molar-refractivity contribution in [1.29, 1.82) is 0 Å². The smallest absolute Gasteiger partial charge is 0.141 e. The van der Waals surface area contributed by atoms with Crippen molar-refractivity contribution in [2.75, 3.05) is 30.9 Å². The van der Waals surface area contributed by atoms with Gasteiger partial charge in [0.15, 0.2) is 0 Å². The Morgan fingerprint density at radius 3 is 2.56 bits per heavy atom. The number of ether oxygens (including phenoxy) is 1. The molecule has 0 radical (unpaired) electrons. The van der Waals surface area contributed by atoms with Crippen molar-refractivity contribution in [3.63, 3.8) is 0 Å². The van der Waals surface area contributed by atoms with Crippen molar-refractivity contribution >= 4 is 17.6 Å². The van der Waals surface area contributed by atoms with Gasteiger partial charge in [-0.05, 0) is 74.3 Å². The topological polar surface area (TPSA) is 25.4 Å². The summed E-state index contributed by atoms with van der Waals surface area (Å²) in [6, 6.07) is 11.5. The Morgan fingerprint density at radius 2 is 1.92 bits per heavy atom. The van der Waals surface area contributed by atoms with Gasteiger partial charge in [-0.15, -0.1) is 11.8 Å². The molecular weight excluding hydrogens is 335 g/mol. The maximum atomic E-state index is 13.0. The van der Waals surface area contributed by atoms with E-state index in [4.69, 9.17) is 4.74 Å². The number of anilines is 1. The van der Waals surface area contributed by atoms with Gasteiger partial charge >= 0.3 is 0 Å². The lowest BCUT2D eigenvalue weighted by atomic mass is 9.92. The minimum Gasteiger partial charge on any atom is -0.494 e. The second kappa shape index (κ2) is 9.09. The Labute approximate surface area is 153 Å². The molecule has 0 N–H and O–H groups in total. The molecule has 2 aromatic rings. The summed E-state index contributed by atoms with van der Waals surface area (Å²) in [5.41, 5.74) is 0. The van der Waals surface area contributed by atoms with Crippen LogP contribution in [0.25, 0.3) is 0 Å². The summed E-state index contributed by atoms with van der Waals surface area (Å²) in [6.45, 7) is 2.78. The number of hydrogen-bond acceptors (Lipinski definition) is 4. The third-order valence-electron chi connectivity index (χ3n) is 4.74. The van der Waals surface area contributed by atoms with E-state index in [1.165, 1.54) is 36.4 Å². The molecule has 0 spiro atoms. The van der Waals surface area contributed by atoms with E-state index < -0.39 is 0 Å². The molecule has 3 nitrogen and oxygen atoms in total. The summed E-state index contributed by atoms with van der Waals surface area (Å²) in [7, 11) is 0. The molecule has 5 heteroatoms. The highest BCUT2D eigenvalue weighted by molar-refractivity contribution is 7.98. The normalized spacial score (nSPS) is 15.4. The summed E-state index contributed by atoms with van der Waals surface area (Å²) in [6.07, 6.45) is 8.00. The lowest BCUT2D eigenvalue weighted by Crippen LogP contribution is -2.34. The Kier molecular flexibility index (Phi) is 6.56. The van der Waals surface area contributed by atoms with Gasteiger partial charge in [0, 0.05) is 18.0 Å². The van der Waals surface area contributed by atoms with Crippen LogP contribution in [-0.4, -0.2) is 30.9 Å². The predicted molar refractivity (Wildman–Crippen MR) is 102 cm³/mol. The number of halogens is 1. The Morgan fingerprint density at radius 1 is 1.16 bits per heavy atom. The summed E-state index contributed by atoms with van der Waals surface area (Å²) >= 11 is 1.74. The molecular formula is C20H25FN2OS. The maximum Gasteiger partial charge on any atom is 0.141 e. The third-order valence-corrected chi connectivity index (χ3v) is 5.48. The Bertz CT molecular complexity index is 640. The van der Waals surface area contributed by atoms with Gasteiger partial charge in [0.05, 0.1) is 12.8 Å². The standard InChI is InChI=1S/C20H25FN2OS/c1-25-19-7-5-18(6-8-19)24-14-2-3-16-10-12-23(13-11-16)20-9-4-17(21)15-22-20/h4-9,15-16H,2-3,10-14H2,1H3. The van der Waals surface area contributed by atoms with E-state index in [9.17, 15) is 4.39 Å². The SMILES string of the molecule is CSc1ccc(OCCCC2CCN(c3ccc(F)cn3)CC2)cc1. The molecule has 0 aliphatic carbocycles. The highest BCUT2D eigenvalue weighted by Gasteiger charge is 2.19. The van der Waals surface area contributed by atoms with Crippen LogP contribution >= 0.6 is 11.8 Å². The van der Waals surface area contributed by atoms with Gasteiger partial charge in [-0.1, -0.05) is 0 Å². The number of benzene rings is 1. The van der Waals surface area contributed by atoms with Gasteiger partial charge < -0.3 is 9.64 Å². The summed E-state index contributed by atoms with van der Waals surface area (Å²) in [5, 5.41) is 0. The molecule has 2 heterocycles. The van der Waals surface area contributed by atoms with Crippen LogP contribution in [0.15, 0.2) is 47.5 Å². The molecule has 0 amide bonds. The first-order valence-electron chi connectivity index (χ1n) is 8.88. The van der Waals surface area contributed by atoms with Gasteiger partial charge in [-0.2, -0.15) is 0 Å². The second-order valence-electron chi connectivity index (χ2n) is 6.43. The lowest BCUT2D eigenvalue weighted by molar-refractivity contribution is 0.279. The van der Waals surface area contributed by atoms with Crippen molar-refractivity contribution in [2.24, 2.45) is 5.92 Å². The van der Waals surface area contributed by atoms with Crippen molar-refractivity contribution in [1.82, 2.24) is 4.98 Å². The maximum absolute atomic E-state index is 13.0.